The molecule has 1 amide bonds. The fourth-order valence-corrected chi connectivity index (χ4v) is 2.96. The summed E-state index contributed by atoms with van der Waals surface area (Å²) in [5.74, 6) is -0.804. The van der Waals surface area contributed by atoms with E-state index < -0.39 is 21.0 Å². The Kier molecular flexibility index (Phi) is 5.47. The molecule has 2 N–H and O–H groups in total. The molecule has 1 rings (SSSR count). The molecule has 4 nitrogen and oxygen atoms in total. The van der Waals surface area contributed by atoms with Crippen molar-refractivity contribution in [2.45, 2.75) is 23.5 Å². The normalized spacial score (nSPS) is 12.6. The highest BCUT2D eigenvalue weighted by Crippen LogP contribution is 2.17. The minimum atomic E-state index is -3.62. The number of carbonyl (C=O) groups is 1. The minimum Gasteiger partial charge on any atom is -0.369 e. The van der Waals surface area contributed by atoms with Gasteiger partial charge in [-0.25, -0.2) is 8.42 Å². The van der Waals surface area contributed by atoms with Gasteiger partial charge in [0.05, 0.1) is 4.90 Å². The van der Waals surface area contributed by atoms with Crippen LogP contribution >= 0.6 is 12.4 Å². The monoisotopic (exact) mass is 263 g/mol. The number of nitrogens with two attached hydrogens (primary N) is 1. The predicted molar refractivity (Wildman–Crippen MR) is 64.1 cm³/mol. The van der Waals surface area contributed by atoms with Crippen LogP contribution in [-0.2, 0) is 14.6 Å². The molecular weight excluding hydrogens is 250 g/mol. The molecule has 1 atom stereocenters. The first kappa shape index (κ1) is 14.9. The molecule has 6 heteroatoms. The van der Waals surface area contributed by atoms with Gasteiger partial charge in [0.15, 0.2) is 9.84 Å². The molecule has 0 radical (unpaired) electrons. The van der Waals surface area contributed by atoms with Crippen LogP contribution in [0.5, 0.6) is 0 Å². The third-order valence-electron chi connectivity index (χ3n) is 2.13. The van der Waals surface area contributed by atoms with Crippen LogP contribution in [0.3, 0.4) is 0 Å². The van der Waals surface area contributed by atoms with Crippen molar-refractivity contribution >= 4 is 28.2 Å². The number of benzene rings is 1. The van der Waals surface area contributed by atoms with Gasteiger partial charge in [-0.3, -0.25) is 4.79 Å². The second-order valence-corrected chi connectivity index (χ2v) is 5.29. The number of amides is 1. The number of hydrogen-bond donors (Lipinski definition) is 1. The number of rotatable bonds is 4. The highest BCUT2D eigenvalue weighted by molar-refractivity contribution is 7.92. The Bertz CT molecular complexity index is 444. The van der Waals surface area contributed by atoms with Gasteiger partial charge in [-0.1, -0.05) is 25.1 Å². The van der Waals surface area contributed by atoms with Crippen LogP contribution in [-0.4, -0.2) is 19.6 Å². The second kappa shape index (κ2) is 5.86. The third-order valence-corrected chi connectivity index (χ3v) is 4.38. The van der Waals surface area contributed by atoms with Crippen LogP contribution in [0, 0.1) is 0 Å². The highest BCUT2D eigenvalue weighted by atomic mass is 35.5. The van der Waals surface area contributed by atoms with Crippen LogP contribution in [0.15, 0.2) is 35.2 Å². The van der Waals surface area contributed by atoms with E-state index in [0.717, 1.165) is 0 Å². The largest absolute Gasteiger partial charge is 0.369 e. The van der Waals surface area contributed by atoms with E-state index in [1.807, 2.05) is 0 Å². The topological polar surface area (TPSA) is 77.2 Å². The van der Waals surface area contributed by atoms with Crippen molar-refractivity contribution in [3.8, 4) is 0 Å². The van der Waals surface area contributed by atoms with Gasteiger partial charge in [-0.05, 0) is 18.6 Å². The Labute approximate surface area is 101 Å². The average Bonchev–Trinajstić information content (AvgIpc) is 2.19. The summed E-state index contributed by atoms with van der Waals surface area (Å²) in [4.78, 5) is 11.1. The van der Waals surface area contributed by atoms with Gasteiger partial charge in [0.1, 0.15) is 5.25 Å². The van der Waals surface area contributed by atoms with Gasteiger partial charge in [0.2, 0.25) is 5.91 Å². The number of sulfone groups is 1. The Balaban J connectivity index is 0.00000225. The zero-order chi connectivity index (χ0) is 11.5. The Hall–Kier alpha value is -1.07. The molecule has 1 aromatic carbocycles. The van der Waals surface area contributed by atoms with Gasteiger partial charge in [-0.2, -0.15) is 0 Å². The molecule has 0 bridgehead atoms. The van der Waals surface area contributed by atoms with Crippen molar-refractivity contribution in [2.24, 2.45) is 5.73 Å². The lowest BCUT2D eigenvalue weighted by Gasteiger charge is -2.11. The van der Waals surface area contributed by atoms with Crippen LogP contribution in [0.2, 0.25) is 0 Å². The summed E-state index contributed by atoms with van der Waals surface area (Å²) < 4.78 is 23.8. The van der Waals surface area contributed by atoms with Gasteiger partial charge < -0.3 is 5.73 Å². The molecule has 90 valence electrons. The molecule has 1 unspecified atom stereocenters. The maximum Gasteiger partial charge on any atom is 0.236 e. The van der Waals surface area contributed by atoms with Gasteiger partial charge in [-0.15, -0.1) is 12.4 Å². The molecule has 16 heavy (non-hydrogen) atoms. The van der Waals surface area contributed by atoms with Crippen LogP contribution in [0.25, 0.3) is 0 Å². The summed E-state index contributed by atoms with van der Waals surface area (Å²) in [7, 11) is -3.62. The van der Waals surface area contributed by atoms with Crippen molar-refractivity contribution in [1.29, 1.82) is 0 Å². The standard InChI is InChI=1S/C10H13NO3S.ClH/c1-2-9(10(11)12)15(13,14)8-6-4-3-5-7-8;/h3-7,9H,2H2,1H3,(H2,11,12);1H. The maximum atomic E-state index is 11.9. The third kappa shape index (κ3) is 2.96. The fraction of sp³-hybridized carbons (Fsp3) is 0.300. The Morgan fingerprint density at radius 1 is 1.31 bits per heavy atom. The molecule has 0 spiro atoms. The first-order valence-electron chi connectivity index (χ1n) is 4.58. The zero-order valence-electron chi connectivity index (χ0n) is 8.79. The number of primary amides is 1. The highest BCUT2D eigenvalue weighted by Gasteiger charge is 2.30. The SMILES string of the molecule is CCC(C(N)=O)S(=O)(=O)c1ccccc1.Cl. The number of hydrogen-bond acceptors (Lipinski definition) is 3. The maximum absolute atomic E-state index is 11.9. The molecule has 0 heterocycles. The molecule has 0 aliphatic rings. The van der Waals surface area contributed by atoms with Crippen LogP contribution < -0.4 is 5.73 Å². The van der Waals surface area contributed by atoms with Crippen molar-refractivity contribution in [3.63, 3.8) is 0 Å². The summed E-state index contributed by atoms with van der Waals surface area (Å²) in [6.45, 7) is 1.62. The van der Waals surface area contributed by atoms with Crippen molar-refractivity contribution < 1.29 is 13.2 Å². The van der Waals surface area contributed by atoms with Gasteiger partial charge in [0, 0.05) is 0 Å². The van der Waals surface area contributed by atoms with Crippen LogP contribution in [0.4, 0.5) is 0 Å². The van der Waals surface area contributed by atoms with E-state index in [1.54, 1.807) is 25.1 Å². The molecule has 0 saturated heterocycles. The predicted octanol–water partition coefficient (Wildman–Crippen LogP) is 1.15. The lowest BCUT2D eigenvalue weighted by Crippen LogP contribution is -2.35. The average molecular weight is 264 g/mol. The quantitative estimate of drug-likeness (QED) is 0.885. The first-order chi connectivity index (χ1) is 7.00. The zero-order valence-corrected chi connectivity index (χ0v) is 10.4. The molecule has 0 aliphatic heterocycles. The van der Waals surface area contributed by atoms with E-state index in [0.29, 0.717) is 0 Å². The van der Waals surface area contributed by atoms with E-state index in [2.05, 4.69) is 0 Å². The first-order valence-corrected chi connectivity index (χ1v) is 6.13. The van der Waals surface area contributed by atoms with E-state index >= 15 is 0 Å². The lowest BCUT2D eigenvalue weighted by atomic mass is 10.3. The molecule has 1 aromatic rings. The summed E-state index contributed by atoms with van der Waals surface area (Å²) in [6.07, 6.45) is 0.187. The summed E-state index contributed by atoms with van der Waals surface area (Å²) in [5, 5.41) is -1.14. The van der Waals surface area contributed by atoms with E-state index in [9.17, 15) is 13.2 Å². The second-order valence-electron chi connectivity index (χ2n) is 3.16. The Morgan fingerprint density at radius 3 is 2.19 bits per heavy atom. The summed E-state index contributed by atoms with van der Waals surface area (Å²) in [6, 6.07) is 7.85. The van der Waals surface area contributed by atoms with Crippen molar-refractivity contribution in [3.05, 3.63) is 30.3 Å². The summed E-state index contributed by atoms with van der Waals surface area (Å²) in [5.41, 5.74) is 5.05. The van der Waals surface area contributed by atoms with E-state index in [1.165, 1.54) is 12.1 Å². The van der Waals surface area contributed by atoms with E-state index in [-0.39, 0.29) is 23.7 Å². The Morgan fingerprint density at radius 2 is 1.81 bits per heavy atom. The molecule has 0 fully saturated rings. The minimum absolute atomic E-state index is 0. The molecular formula is C10H14ClNO3S. The van der Waals surface area contributed by atoms with Crippen molar-refractivity contribution in [2.75, 3.05) is 0 Å². The molecule has 0 saturated carbocycles. The molecule has 0 aromatic heterocycles. The number of halogens is 1. The van der Waals surface area contributed by atoms with Crippen molar-refractivity contribution in [1.82, 2.24) is 0 Å². The van der Waals surface area contributed by atoms with E-state index in [4.69, 9.17) is 5.73 Å². The summed E-state index contributed by atoms with van der Waals surface area (Å²) >= 11 is 0. The fourth-order valence-electron chi connectivity index (χ4n) is 1.35. The van der Waals surface area contributed by atoms with Gasteiger partial charge in [0.25, 0.3) is 0 Å². The number of carbonyl (C=O) groups excluding carboxylic acids is 1. The van der Waals surface area contributed by atoms with Crippen LogP contribution in [0.1, 0.15) is 13.3 Å². The van der Waals surface area contributed by atoms with Gasteiger partial charge >= 0.3 is 0 Å². The molecule has 0 aliphatic carbocycles. The smallest absolute Gasteiger partial charge is 0.236 e. The lowest BCUT2D eigenvalue weighted by molar-refractivity contribution is -0.117.